The van der Waals surface area contributed by atoms with Crippen molar-refractivity contribution in [3.63, 3.8) is 0 Å². The van der Waals surface area contributed by atoms with Crippen molar-refractivity contribution >= 4 is 17.9 Å². The number of alkyl carbamates (subject to hydrolysis) is 1. The number of ether oxygens (including phenoxy) is 1. The van der Waals surface area contributed by atoms with Gasteiger partial charge >= 0.3 is 6.09 Å². The largest absolute Gasteiger partial charge is 0.444 e. The number of benzene rings is 1. The summed E-state index contributed by atoms with van der Waals surface area (Å²) in [5.74, 6) is -0.297. The molecular formula is C31H53N3O4. The van der Waals surface area contributed by atoms with Gasteiger partial charge in [0, 0.05) is 12.6 Å². The maximum atomic E-state index is 14.3. The number of carbonyl (C=O) groups excluding carboxylic acids is 3. The van der Waals surface area contributed by atoms with Crippen LogP contribution in [-0.4, -0.2) is 47.0 Å². The van der Waals surface area contributed by atoms with Crippen LogP contribution in [0.3, 0.4) is 0 Å². The van der Waals surface area contributed by atoms with E-state index < -0.39 is 23.8 Å². The third kappa shape index (κ3) is 11.0. The predicted molar refractivity (Wildman–Crippen MR) is 155 cm³/mol. The number of hydrogen-bond donors (Lipinski definition) is 2. The molecule has 0 saturated heterocycles. The Kier molecular flexibility index (Phi) is 13.9. The molecule has 7 heteroatoms. The second-order valence-electron chi connectivity index (χ2n) is 12.0. The number of aryl methyl sites for hydroxylation is 2. The number of hydrogen-bond acceptors (Lipinski definition) is 4. The maximum Gasteiger partial charge on any atom is 0.408 e. The first kappa shape index (κ1) is 33.5. The molecule has 0 aliphatic rings. The summed E-state index contributed by atoms with van der Waals surface area (Å²) in [6, 6.07) is 4.32. The number of amides is 3. The average Bonchev–Trinajstić information content (AvgIpc) is 2.77. The number of carbonyl (C=O) groups is 3. The second-order valence-corrected chi connectivity index (χ2v) is 12.0. The molecule has 0 aliphatic heterocycles. The number of nitrogens with one attached hydrogen (secondary N) is 2. The Morgan fingerprint density at radius 1 is 0.947 bits per heavy atom. The molecule has 3 atom stereocenters. The monoisotopic (exact) mass is 531 g/mol. The average molecular weight is 532 g/mol. The van der Waals surface area contributed by atoms with E-state index in [9.17, 15) is 14.4 Å². The first-order valence-corrected chi connectivity index (χ1v) is 14.4. The standard InChI is InChI=1S/C31H53N3O4/c1-11-13-14-19-34(29(36)25(20-21(3)4)33-30(37)38-31(8,9)10)27(28(35)32-24(7)16-12-2)26-22(5)17-15-18-23(26)6/h15,17-18,21,24-25,27H,11-14,16,19-20H2,1-10H3,(H,32,35)(H,33,37). The summed E-state index contributed by atoms with van der Waals surface area (Å²) < 4.78 is 5.49. The van der Waals surface area contributed by atoms with Crippen LogP contribution in [0.5, 0.6) is 0 Å². The molecule has 7 nitrogen and oxygen atoms in total. The third-order valence-electron chi connectivity index (χ3n) is 6.47. The van der Waals surface area contributed by atoms with Crippen molar-refractivity contribution in [3.05, 3.63) is 34.9 Å². The van der Waals surface area contributed by atoms with E-state index in [1.54, 1.807) is 25.7 Å². The quantitative estimate of drug-likeness (QED) is 0.265. The van der Waals surface area contributed by atoms with Crippen LogP contribution in [0.4, 0.5) is 4.79 Å². The van der Waals surface area contributed by atoms with E-state index in [1.165, 1.54) is 0 Å². The Labute approximate surface area is 231 Å². The molecule has 0 aliphatic carbocycles. The van der Waals surface area contributed by atoms with Gasteiger partial charge in [0.25, 0.3) is 0 Å². The number of rotatable bonds is 14. The molecule has 1 aromatic rings. The lowest BCUT2D eigenvalue weighted by Crippen LogP contribution is -2.54. The number of unbranched alkanes of at least 4 members (excludes halogenated alkanes) is 2. The minimum absolute atomic E-state index is 0.0155. The fourth-order valence-corrected chi connectivity index (χ4v) is 4.76. The summed E-state index contributed by atoms with van der Waals surface area (Å²) in [5.41, 5.74) is 2.08. The summed E-state index contributed by atoms with van der Waals surface area (Å²) >= 11 is 0. The van der Waals surface area contributed by atoms with Crippen molar-refractivity contribution in [2.24, 2.45) is 5.92 Å². The zero-order valence-electron chi connectivity index (χ0n) is 25.6. The highest BCUT2D eigenvalue weighted by atomic mass is 16.6. The van der Waals surface area contributed by atoms with Gasteiger partial charge in [0.1, 0.15) is 17.7 Å². The summed E-state index contributed by atoms with van der Waals surface area (Å²) in [6.45, 7) is 20.0. The van der Waals surface area contributed by atoms with Crippen molar-refractivity contribution in [3.8, 4) is 0 Å². The SMILES string of the molecule is CCCCCN(C(=O)C(CC(C)C)NC(=O)OC(C)(C)C)C(C(=O)NC(C)CCC)c1c(C)cccc1C. The van der Waals surface area contributed by atoms with Gasteiger partial charge in [-0.15, -0.1) is 0 Å². The molecule has 0 aromatic heterocycles. The van der Waals surface area contributed by atoms with E-state index in [0.717, 1.165) is 48.8 Å². The zero-order chi connectivity index (χ0) is 29.0. The van der Waals surface area contributed by atoms with Gasteiger partial charge in [0.15, 0.2) is 0 Å². The van der Waals surface area contributed by atoms with Crippen LogP contribution in [0.2, 0.25) is 0 Å². The van der Waals surface area contributed by atoms with E-state index in [4.69, 9.17) is 4.74 Å². The molecule has 1 rings (SSSR count). The van der Waals surface area contributed by atoms with Crippen molar-refractivity contribution in [2.75, 3.05) is 6.54 Å². The molecule has 2 N–H and O–H groups in total. The molecule has 0 fully saturated rings. The zero-order valence-corrected chi connectivity index (χ0v) is 25.6. The van der Waals surface area contributed by atoms with Crippen molar-refractivity contribution in [1.29, 1.82) is 0 Å². The lowest BCUT2D eigenvalue weighted by atomic mass is 9.92. The van der Waals surface area contributed by atoms with Crippen molar-refractivity contribution in [1.82, 2.24) is 15.5 Å². The normalized spacial score (nSPS) is 14.0. The van der Waals surface area contributed by atoms with Crippen molar-refractivity contribution < 1.29 is 19.1 Å². The van der Waals surface area contributed by atoms with Gasteiger partial charge in [-0.05, 0) is 83.4 Å². The first-order chi connectivity index (χ1) is 17.7. The molecule has 0 heterocycles. The van der Waals surface area contributed by atoms with Crippen LogP contribution in [-0.2, 0) is 14.3 Å². The summed E-state index contributed by atoms with van der Waals surface area (Å²) in [7, 11) is 0. The highest BCUT2D eigenvalue weighted by Gasteiger charge is 2.37. The summed E-state index contributed by atoms with van der Waals surface area (Å²) in [5, 5.41) is 5.99. The minimum atomic E-state index is -0.806. The van der Waals surface area contributed by atoms with E-state index in [-0.39, 0.29) is 23.8 Å². The fraction of sp³-hybridized carbons (Fsp3) is 0.710. The Morgan fingerprint density at radius 3 is 2.05 bits per heavy atom. The Balaban J connectivity index is 3.60. The summed E-state index contributed by atoms with van der Waals surface area (Å²) in [4.78, 5) is 42.7. The maximum absolute atomic E-state index is 14.3. The van der Waals surface area contributed by atoms with Crippen LogP contribution >= 0.6 is 0 Å². The van der Waals surface area contributed by atoms with E-state index in [1.807, 2.05) is 52.8 Å². The molecule has 1 aromatic carbocycles. The number of nitrogens with zero attached hydrogens (tertiary/aromatic N) is 1. The molecule has 38 heavy (non-hydrogen) atoms. The smallest absolute Gasteiger partial charge is 0.408 e. The minimum Gasteiger partial charge on any atom is -0.444 e. The van der Waals surface area contributed by atoms with Crippen LogP contribution in [0, 0.1) is 19.8 Å². The Bertz CT molecular complexity index is 887. The predicted octanol–water partition coefficient (Wildman–Crippen LogP) is 6.61. The molecule has 3 unspecified atom stereocenters. The molecule has 0 bridgehead atoms. The third-order valence-corrected chi connectivity index (χ3v) is 6.47. The van der Waals surface area contributed by atoms with Gasteiger partial charge in [-0.2, -0.15) is 0 Å². The molecule has 0 saturated carbocycles. The van der Waals surface area contributed by atoms with Gasteiger partial charge in [0.2, 0.25) is 11.8 Å². The lowest BCUT2D eigenvalue weighted by Gasteiger charge is -2.36. The molecule has 0 spiro atoms. The van der Waals surface area contributed by atoms with E-state index >= 15 is 0 Å². The van der Waals surface area contributed by atoms with E-state index in [2.05, 4.69) is 24.5 Å². The van der Waals surface area contributed by atoms with Gasteiger partial charge in [-0.1, -0.05) is 65.2 Å². The molecule has 216 valence electrons. The second kappa shape index (κ2) is 15.7. The molecular weight excluding hydrogens is 478 g/mol. The van der Waals surface area contributed by atoms with Crippen LogP contribution in [0.25, 0.3) is 0 Å². The topological polar surface area (TPSA) is 87.7 Å². The highest BCUT2D eigenvalue weighted by Crippen LogP contribution is 2.30. The van der Waals surface area contributed by atoms with Crippen LogP contribution in [0.15, 0.2) is 18.2 Å². The highest BCUT2D eigenvalue weighted by molar-refractivity contribution is 5.92. The van der Waals surface area contributed by atoms with Gasteiger partial charge in [-0.3, -0.25) is 9.59 Å². The van der Waals surface area contributed by atoms with Gasteiger partial charge in [-0.25, -0.2) is 4.79 Å². The fourth-order valence-electron chi connectivity index (χ4n) is 4.76. The Morgan fingerprint density at radius 2 is 1.55 bits per heavy atom. The van der Waals surface area contributed by atoms with E-state index in [0.29, 0.717) is 13.0 Å². The molecule has 0 radical (unpaired) electrons. The van der Waals surface area contributed by atoms with Gasteiger partial charge in [0.05, 0.1) is 0 Å². The van der Waals surface area contributed by atoms with Crippen molar-refractivity contribution in [2.45, 2.75) is 131 Å². The Hall–Kier alpha value is -2.57. The van der Waals surface area contributed by atoms with Gasteiger partial charge < -0.3 is 20.3 Å². The summed E-state index contributed by atoms with van der Waals surface area (Å²) in [6.07, 6.45) is 4.30. The lowest BCUT2D eigenvalue weighted by molar-refractivity contribution is -0.143. The molecule has 3 amide bonds. The van der Waals surface area contributed by atoms with Crippen LogP contribution in [0.1, 0.15) is 117 Å². The van der Waals surface area contributed by atoms with Crippen LogP contribution < -0.4 is 10.6 Å². The first-order valence-electron chi connectivity index (χ1n) is 14.4.